The lowest BCUT2D eigenvalue weighted by molar-refractivity contribution is 0.100. The maximum Gasteiger partial charge on any atom is 0.248 e. The van der Waals surface area contributed by atoms with Gasteiger partial charge in [-0.25, -0.2) is 0 Å². The summed E-state index contributed by atoms with van der Waals surface area (Å²) in [6.45, 7) is 0. The monoisotopic (exact) mass is 411 g/mol. The van der Waals surface area contributed by atoms with Gasteiger partial charge in [0.05, 0.1) is 19.1 Å². The Morgan fingerprint density at radius 2 is 1.71 bits per heavy atom. The van der Waals surface area contributed by atoms with E-state index in [1.165, 1.54) is 0 Å². The van der Waals surface area contributed by atoms with E-state index in [2.05, 4.69) is 18.7 Å². The van der Waals surface area contributed by atoms with Crippen LogP contribution in [0.25, 0.3) is 22.3 Å². The first-order valence-corrected chi connectivity index (χ1v) is 10.2. The van der Waals surface area contributed by atoms with Gasteiger partial charge in [0.2, 0.25) is 5.91 Å². The summed E-state index contributed by atoms with van der Waals surface area (Å²) >= 11 is 6.23. The molecule has 0 aliphatic rings. The Labute approximate surface area is 174 Å². The number of thioether (sulfide) groups is 1. The molecule has 1 amide bonds. The molecule has 0 saturated heterocycles. The first-order valence-electron chi connectivity index (χ1n) is 8.52. The van der Waals surface area contributed by atoms with Gasteiger partial charge in [0.15, 0.2) is 11.5 Å². The molecule has 0 spiro atoms. The highest BCUT2D eigenvalue weighted by atomic mass is 32.2. The lowest BCUT2D eigenvalue weighted by atomic mass is 9.97. The van der Waals surface area contributed by atoms with Gasteiger partial charge in [-0.2, -0.15) is 0 Å². The van der Waals surface area contributed by atoms with Crippen LogP contribution in [0.15, 0.2) is 64.4 Å². The number of nitrogens with two attached hydrogens (primary N) is 1. The topological polar surface area (TPSA) is 61.5 Å². The van der Waals surface area contributed by atoms with Gasteiger partial charge in [0.25, 0.3) is 0 Å². The molecule has 6 heteroatoms. The van der Waals surface area contributed by atoms with Gasteiger partial charge in [-0.3, -0.25) is 4.79 Å². The van der Waals surface area contributed by atoms with Crippen LogP contribution in [-0.4, -0.2) is 26.4 Å². The van der Waals surface area contributed by atoms with Crippen molar-refractivity contribution in [3.63, 3.8) is 0 Å². The molecule has 4 nitrogen and oxygen atoms in total. The van der Waals surface area contributed by atoms with Crippen molar-refractivity contribution in [3.8, 4) is 33.8 Å². The van der Waals surface area contributed by atoms with Crippen molar-refractivity contribution in [1.29, 1.82) is 0 Å². The van der Waals surface area contributed by atoms with E-state index in [0.29, 0.717) is 17.1 Å². The largest absolute Gasteiger partial charge is 0.493 e. The number of carbonyl (C=O) groups is 1. The third kappa shape index (κ3) is 3.98. The summed E-state index contributed by atoms with van der Waals surface area (Å²) in [5.41, 5.74) is 9.71. The van der Waals surface area contributed by atoms with Crippen LogP contribution in [-0.2, 0) is 0 Å². The average molecular weight is 412 g/mol. The molecule has 3 rings (SSSR count). The molecule has 0 aliphatic heterocycles. The van der Waals surface area contributed by atoms with Crippen LogP contribution in [0.1, 0.15) is 10.4 Å². The van der Waals surface area contributed by atoms with E-state index in [-0.39, 0.29) is 0 Å². The number of carbonyl (C=O) groups excluding carboxylic acids is 1. The number of hydrogen-bond donors (Lipinski definition) is 2. The molecule has 0 aliphatic carbocycles. The van der Waals surface area contributed by atoms with Gasteiger partial charge in [-0.05, 0) is 64.9 Å². The molecule has 0 atom stereocenters. The first-order chi connectivity index (χ1) is 13.5. The zero-order chi connectivity index (χ0) is 20.3. The first kappa shape index (κ1) is 20.2. The molecule has 3 aromatic rings. The molecule has 28 heavy (non-hydrogen) atoms. The standard InChI is InChI=1S/C22H21NO3S2/c1-25-18-11-16(12-20(28-3)21(18)26-2)17-10-14(7-8-19(17)27)13-5-4-6-15(9-13)22(23)24/h4-12,27H,1-3H3,(H2,23,24). The highest BCUT2D eigenvalue weighted by molar-refractivity contribution is 7.98. The molecule has 0 fully saturated rings. The Kier molecular flexibility index (Phi) is 6.21. The lowest BCUT2D eigenvalue weighted by Gasteiger charge is -2.15. The van der Waals surface area contributed by atoms with E-state index in [1.54, 1.807) is 38.1 Å². The van der Waals surface area contributed by atoms with E-state index < -0.39 is 5.91 Å². The van der Waals surface area contributed by atoms with Crippen LogP contribution in [0.5, 0.6) is 11.5 Å². The number of amides is 1. The molecule has 2 N–H and O–H groups in total. The van der Waals surface area contributed by atoms with Gasteiger partial charge in [0, 0.05) is 10.5 Å². The van der Waals surface area contributed by atoms with Gasteiger partial charge in [-0.1, -0.05) is 18.2 Å². The maximum atomic E-state index is 11.5. The van der Waals surface area contributed by atoms with Crippen molar-refractivity contribution in [1.82, 2.24) is 0 Å². The van der Waals surface area contributed by atoms with Crippen LogP contribution >= 0.6 is 24.4 Å². The Morgan fingerprint density at radius 3 is 2.36 bits per heavy atom. The number of benzene rings is 3. The van der Waals surface area contributed by atoms with Crippen LogP contribution in [0.2, 0.25) is 0 Å². The van der Waals surface area contributed by atoms with E-state index in [9.17, 15) is 4.79 Å². The molecule has 0 saturated carbocycles. The summed E-state index contributed by atoms with van der Waals surface area (Å²) in [6, 6.07) is 17.2. The zero-order valence-electron chi connectivity index (χ0n) is 15.9. The number of rotatable bonds is 6. The molecule has 0 radical (unpaired) electrons. The van der Waals surface area contributed by atoms with Crippen LogP contribution in [0, 0.1) is 0 Å². The number of hydrogen-bond acceptors (Lipinski definition) is 5. The Balaban J connectivity index is 2.15. The van der Waals surface area contributed by atoms with Crippen molar-refractivity contribution >= 4 is 30.3 Å². The third-order valence-electron chi connectivity index (χ3n) is 4.45. The maximum absolute atomic E-state index is 11.5. The molecular formula is C22H21NO3S2. The summed E-state index contributed by atoms with van der Waals surface area (Å²) in [4.78, 5) is 13.3. The molecule has 144 valence electrons. The normalized spacial score (nSPS) is 10.6. The molecule has 0 heterocycles. The summed E-state index contributed by atoms with van der Waals surface area (Å²) in [6.07, 6.45) is 1.99. The third-order valence-corrected chi connectivity index (χ3v) is 5.59. The number of ether oxygens (including phenoxy) is 2. The van der Waals surface area contributed by atoms with E-state index in [1.807, 2.05) is 42.7 Å². The number of thiol groups is 1. The fourth-order valence-corrected chi connectivity index (χ4v) is 3.92. The van der Waals surface area contributed by atoms with Gasteiger partial charge < -0.3 is 15.2 Å². The fraction of sp³-hybridized carbons (Fsp3) is 0.136. The molecule has 0 aromatic heterocycles. The highest BCUT2D eigenvalue weighted by Gasteiger charge is 2.15. The summed E-state index contributed by atoms with van der Waals surface area (Å²) in [7, 11) is 3.26. The minimum atomic E-state index is -0.447. The van der Waals surface area contributed by atoms with Gasteiger partial charge in [0.1, 0.15) is 0 Å². The minimum Gasteiger partial charge on any atom is -0.493 e. The Bertz CT molecular complexity index is 1010. The van der Waals surface area contributed by atoms with E-state index in [0.717, 1.165) is 32.0 Å². The second kappa shape index (κ2) is 8.63. The highest BCUT2D eigenvalue weighted by Crippen LogP contribution is 2.42. The van der Waals surface area contributed by atoms with E-state index in [4.69, 9.17) is 15.2 Å². The van der Waals surface area contributed by atoms with Gasteiger partial charge in [-0.15, -0.1) is 24.4 Å². The minimum absolute atomic E-state index is 0.447. The molecule has 0 bridgehead atoms. The second-order valence-electron chi connectivity index (χ2n) is 6.09. The number of methoxy groups -OCH3 is 2. The lowest BCUT2D eigenvalue weighted by Crippen LogP contribution is -2.10. The molecule has 3 aromatic carbocycles. The quantitative estimate of drug-likeness (QED) is 0.435. The zero-order valence-corrected chi connectivity index (χ0v) is 17.6. The van der Waals surface area contributed by atoms with Crippen molar-refractivity contribution in [2.45, 2.75) is 9.79 Å². The number of primary amides is 1. The summed E-state index contributed by atoms with van der Waals surface area (Å²) in [5.74, 6) is 0.931. The Hall–Kier alpha value is -2.57. The fourth-order valence-electron chi connectivity index (χ4n) is 3.04. The Morgan fingerprint density at radius 1 is 0.964 bits per heavy atom. The average Bonchev–Trinajstić information content (AvgIpc) is 2.73. The van der Waals surface area contributed by atoms with Crippen molar-refractivity contribution in [2.24, 2.45) is 5.73 Å². The molecular weight excluding hydrogens is 390 g/mol. The van der Waals surface area contributed by atoms with Gasteiger partial charge >= 0.3 is 0 Å². The SMILES string of the molecule is COc1cc(-c2cc(-c3cccc(C(N)=O)c3)ccc2S)cc(SC)c1OC. The van der Waals surface area contributed by atoms with Crippen molar-refractivity contribution < 1.29 is 14.3 Å². The summed E-state index contributed by atoms with van der Waals surface area (Å²) < 4.78 is 11.0. The van der Waals surface area contributed by atoms with Crippen molar-refractivity contribution in [3.05, 3.63) is 60.2 Å². The predicted molar refractivity (Wildman–Crippen MR) is 118 cm³/mol. The summed E-state index contributed by atoms with van der Waals surface area (Å²) in [5, 5.41) is 0. The predicted octanol–water partition coefficient (Wildman–Crippen LogP) is 5.15. The van der Waals surface area contributed by atoms with Crippen molar-refractivity contribution in [2.75, 3.05) is 20.5 Å². The van der Waals surface area contributed by atoms with Crippen LogP contribution < -0.4 is 15.2 Å². The second-order valence-corrected chi connectivity index (χ2v) is 7.42. The van der Waals surface area contributed by atoms with Crippen LogP contribution in [0.4, 0.5) is 0 Å². The molecule has 0 unspecified atom stereocenters. The smallest absolute Gasteiger partial charge is 0.248 e. The van der Waals surface area contributed by atoms with E-state index >= 15 is 0 Å². The van der Waals surface area contributed by atoms with Crippen LogP contribution in [0.3, 0.4) is 0 Å².